The van der Waals surface area contributed by atoms with Crippen LogP contribution in [0.1, 0.15) is 41.4 Å². The molecule has 8 heteroatoms. The minimum atomic E-state index is -0.0644. The number of carbonyl (C=O) groups excluding carboxylic acids is 1. The molecule has 1 aliphatic rings. The summed E-state index contributed by atoms with van der Waals surface area (Å²) in [6.07, 6.45) is 1.77. The van der Waals surface area contributed by atoms with Crippen molar-refractivity contribution >= 4 is 29.1 Å². The molecule has 3 aromatic rings. The van der Waals surface area contributed by atoms with Gasteiger partial charge >= 0.3 is 0 Å². The van der Waals surface area contributed by atoms with Gasteiger partial charge in [-0.1, -0.05) is 55.2 Å². The second kappa shape index (κ2) is 10.6. The van der Waals surface area contributed by atoms with E-state index in [0.29, 0.717) is 41.3 Å². The number of hydrogen-bond donors (Lipinski definition) is 0. The van der Waals surface area contributed by atoms with Gasteiger partial charge in [0.05, 0.1) is 0 Å². The summed E-state index contributed by atoms with van der Waals surface area (Å²) in [7, 11) is 0. The molecule has 1 fully saturated rings. The summed E-state index contributed by atoms with van der Waals surface area (Å²) in [5.41, 5.74) is 2.62. The second-order valence-electron chi connectivity index (χ2n) is 8.51. The molecule has 174 valence electrons. The first kappa shape index (κ1) is 23.6. The number of halogens is 2. The maximum Gasteiger partial charge on any atom is 0.274 e. The van der Waals surface area contributed by atoms with Crippen molar-refractivity contribution in [2.45, 2.75) is 33.0 Å². The summed E-state index contributed by atoms with van der Waals surface area (Å²) >= 11 is 12.6. The molecule has 0 atom stereocenters. The van der Waals surface area contributed by atoms with Gasteiger partial charge in [0.1, 0.15) is 5.75 Å². The van der Waals surface area contributed by atoms with Crippen LogP contribution < -0.4 is 4.74 Å². The van der Waals surface area contributed by atoms with Crippen LogP contribution in [0.4, 0.5) is 0 Å². The van der Waals surface area contributed by atoms with E-state index >= 15 is 0 Å². The first-order valence-electron chi connectivity index (χ1n) is 11.1. The average molecular weight is 487 g/mol. The zero-order valence-corrected chi connectivity index (χ0v) is 20.4. The molecule has 0 radical (unpaired) electrons. The topological polar surface area (TPSA) is 50.6 Å². The smallest absolute Gasteiger partial charge is 0.274 e. The predicted octanol–water partition coefficient (Wildman–Crippen LogP) is 5.31. The zero-order chi connectivity index (χ0) is 23.4. The van der Waals surface area contributed by atoms with Gasteiger partial charge in [0.25, 0.3) is 5.91 Å². The Kier molecular flexibility index (Phi) is 7.58. The van der Waals surface area contributed by atoms with E-state index in [1.807, 2.05) is 35.2 Å². The predicted molar refractivity (Wildman–Crippen MR) is 131 cm³/mol. The maximum atomic E-state index is 12.9. The van der Waals surface area contributed by atoms with Crippen LogP contribution in [0.3, 0.4) is 0 Å². The van der Waals surface area contributed by atoms with Crippen LogP contribution in [0, 0.1) is 0 Å². The zero-order valence-electron chi connectivity index (χ0n) is 18.9. The number of benzene rings is 2. The number of piperazine rings is 1. The van der Waals surface area contributed by atoms with E-state index in [4.69, 9.17) is 27.9 Å². The van der Waals surface area contributed by atoms with Gasteiger partial charge in [-0.05, 0) is 41.8 Å². The minimum Gasteiger partial charge on any atom is -0.471 e. The maximum absolute atomic E-state index is 12.9. The quantitative estimate of drug-likeness (QED) is 0.454. The van der Waals surface area contributed by atoms with E-state index in [9.17, 15) is 4.79 Å². The molecule has 1 amide bonds. The molecular weight excluding hydrogens is 459 g/mol. The molecule has 0 aliphatic carbocycles. The molecular formula is C25H28Cl2N4O2. The summed E-state index contributed by atoms with van der Waals surface area (Å²) in [5.74, 6) is 1.19. The van der Waals surface area contributed by atoms with E-state index in [1.165, 1.54) is 5.56 Å². The highest BCUT2D eigenvalue weighted by atomic mass is 35.5. The molecule has 6 nitrogen and oxygen atoms in total. The largest absolute Gasteiger partial charge is 0.471 e. The second-order valence-corrected chi connectivity index (χ2v) is 9.32. The van der Waals surface area contributed by atoms with E-state index in [-0.39, 0.29) is 12.6 Å². The van der Waals surface area contributed by atoms with Crippen molar-refractivity contribution in [1.82, 2.24) is 19.6 Å². The summed E-state index contributed by atoms with van der Waals surface area (Å²) in [6.45, 7) is 8.01. The van der Waals surface area contributed by atoms with Gasteiger partial charge in [0, 0.05) is 54.5 Å². The van der Waals surface area contributed by atoms with Crippen molar-refractivity contribution in [2.24, 2.45) is 0 Å². The van der Waals surface area contributed by atoms with Crippen molar-refractivity contribution < 1.29 is 9.53 Å². The van der Waals surface area contributed by atoms with Crippen LogP contribution in [0.25, 0.3) is 0 Å². The van der Waals surface area contributed by atoms with Crippen molar-refractivity contribution in [3.63, 3.8) is 0 Å². The Balaban J connectivity index is 1.28. The van der Waals surface area contributed by atoms with Crippen LogP contribution in [0.2, 0.25) is 10.0 Å². The van der Waals surface area contributed by atoms with E-state index < -0.39 is 0 Å². The highest BCUT2D eigenvalue weighted by Crippen LogP contribution is 2.26. The van der Waals surface area contributed by atoms with Gasteiger partial charge < -0.3 is 9.64 Å². The molecule has 2 aromatic carbocycles. The monoisotopic (exact) mass is 486 g/mol. The van der Waals surface area contributed by atoms with Crippen LogP contribution in [-0.2, 0) is 13.3 Å². The molecule has 1 saturated heterocycles. The Labute approximate surface area is 204 Å². The van der Waals surface area contributed by atoms with Gasteiger partial charge in [-0.3, -0.25) is 9.69 Å². The van der Waals surface area contributed by atoms with Crippen LogP contribution in [0.5, 0.6) is 5.75 Å². The molecule has 0 saturated carbocycles. The normalized spacial score (nSPS) is 14.6. The molecule has 0 N–H and O–H groups in total. The van der Waals surface area contributed by atoms with Gasteiger partial charge in [-0.15, -0.1) is 0 Å². The SMILES string of the molecule is CC(C)c1ccc(OCn2ccc(C(=O)N3CCN(Cc4c(Cl)cccc4Cl)CC3)n2)cc1. The molecule has 0 unspecified atom stereocenters. The Morgan fingerprint density at radius 3 is 2.30 bits per heavy atom. The van der Waals surface area contributed by atoms with Gasteiger partial charge in [-0.25, -0.2) is 4.68 Å². The number of carbonyl (C=O) groups is 1. The number of ether oxygens (including phenoxy) is 1. The minimum absolute atomic E-state index is 0.0644. The average Bonchev–Trinajstić information content (AvgIpc) is 3.29. The lowest BCUT2D eigenvalue weighted by molar-refractivity contribution is 0.0621. The summed E-state index contributed by atoms with van der Waals surface area (Å²) in [6, 6.07) is 15.3. The van der Waals surface area contributed by atoms with Crippen LogP contribution in [0.15, 0.2) is 54.7 Å². The van der Waals surface area contributed by atoms with Crippen molar-refractivity contribution in [3.05, 3.63) is 81.6 Å². The van der Waals surface area contributed by atoms with Crippen molar-refractivity contribution in [2.75, 3.05) is 26.2 Å². The molecule has 0 spiro atoms. The van der Waals surface area contributed by atoms with E-state index in [2.05, 4.69) is 36.0 Å². The highest BCUT2D eigenvalue weighted by Gasteiger charge is 2.24. The van der Waals surface area contributed by atoms with E-state index in [0.717, 1.165) is 24.4 Å². The Bertz CT molecular complexity index is 1070. The highest BCUT2D eigenvalue weighted by molar-refractivity contribution is 6.35. The van der Waals surface area contributed by atoms with E-state index in [1.54, 1.807) is 16.9 Å². The standard InChI is InChI=1S/C25H28Cl2N4O2/c1-18(2)19-6-8-20(9-7-19)33-17-31-11-10-24(28-31)25(32)30-14-12-29(13-15-30)16-21-22(26)4-3-5-23(21)27/h3-11,18H,12-17H2,1-2H3. The van der Waals surface area contributed by atoms with Crippen LogP contribution >= 0.6 is 23.2 Å². The fourth-order valence-electron chi connectivity index (χ4n) is 3.82. The Hall–Kier alpha value is -2.54. The third kappa shape index (κ3) is 5.88. The fraction of sp³-hybridized carbons (Fsp3) is 0.360. The molecule has 2 heterocycles. The van der Waals surface area contributed by atoms with Crippen LogP contribution in [-0.4, -0.2) is 51.7 Å². The first-order chi connectivity index (χ1) is 15.9. The molecule has 1 aromatic heterocycles. The van der Waals surface area contributed by atoms with Gasteiger partial charge in [-0.2, -0.15) is 5.10 Å². The number of aromatic nitrogens is 2. The van der Waals surface area contributed by atoms with Gasteiger partial charge in [0.2, 0.25) is 0 Å². The lowest BCUT2D eigenvalue weighted by Gasteiger charge is -2.34. The fourth-order valence-corrected chi connectivity index (χ4v) is 4.33. The first-order valence-corrected chi connectivity index (χ1v) is 11.9. The molecule has 4 rings (SSSR count). The number of hydrogen-bond acceptors (Lipinski definition) is 4. The number of nitrogens with zero attached hydrogens (tertiary/aromatic N) is 4. The molecule has 0 bridgehead atoms. The van der Waals surface area contributed by atoms with Crippen molar-refractivity contribution in [1.29, 1.82) is 0 Å². The molecule has 33 heavy (non-hydrogen) atoms. The lowest BCUT2D eigenvalue weighted by Crippen LogP contribution is -2.48. The molecule has 1 aliphatic heterocycles. The Morgan fingerprint density at radius 2 is 1.67 bits per heavy atom. The number of amides is 1. The summed E-state index contributed by atoms with van der Waals surface area (Å²) in [5, 5.41) is 5.75. The van der Waals surface area contributed by atoms with Crippen molar-refractivity contribution in [3.8, 4) is 5.75 Å². The third-order valence-corrected chi connectivity index (χ3v) is 6.58. The summed E-state index contributed by atoms with van der Waals surface area (Å²) in [4.78, 5) is 17.0. The lowest BCUT2D eigenvalue weighted by atomic mass is 10.0. The number of rotatable bonds is 7. The third-order valence-electron chi connectivity index (χ3n) is 5.87. The summed E-state index contributed by atoms with van der Waals surface area (Å²) < 4.78 is 7.44. The Morgan fingerprint density at radius 1 is 1.00 bits per heavy atom. The van der Waals surface area contributed by atoms with Gasteiger partial charge in [0.15, 0.2) is 12.4 Å².